The summed E-state index contributed by atoms with van der Waals surface area (Å²) in [6.45, 7) is 1.09. The van der Waals surface area contributed by atoms with Crippen molar-refractivity contribution in [3.8, 4) is 0 Å². The Labute approximate surface area is 108 Å². The van der Waals surface area contributed by atoms with Crippen LogP contribution >= 0.6 is 11.3 Å². The first-order valence-electron chi connectivity index (χ1n) is 7.16. The summed E-state index contributed by atoms with van der Waals surface area (Å²) in [6.07, 6.45) is 7.59. The highest BCUT2D eigenvalue weighted by atomic mass is 32.1. The molecule has 92 valence electrons. The van der Waals surface area contributed by atoms with Crippen molar-refractivity contribution < 1.29 is 0 Å². The van der Waals surface area contributed by atoms with Gasteiger partial charge in [0.15, 0.2) is 0 Å². The second-order valence-corrected chi connectivity index (χ2v) is 7.05. The number of fused-ring (bicyclic) bond motifs is 5. The minimum atomic E-state index is 0.833. The Bertz CT molecular complexity index is 386. The summed E-state index contributed by atoms with van der Waals surface area (Å²) in [6, 6.07) is 3.09. The van der Waals surface area contributed by atoms with Gasteiger partial charge in [-0.1, -0.05) is 6.42 Å². The third-order valence-electron chi connectivity index (χ3n) is 5.58. The van der Waals surface area contributed by atoms with Crippen LogP contribution in [-0.4, -0.2) is 6.04 Å². The molecule has 1 aromatic heterocycles. The van der Waals surface area contributed by atoms with E-state index in [0.29, 0.717) is 0 Å². The molecule has 0 radical (unpaired) electrons. The van der Waals surface area contributed by atoms with E-state index >= 15 is 0 Å². The molecule has 0 aliphatic heterocycles. The number of nitrogens with one attached hydrogen (secondary N) is 1. The van der Waals surface area contributed by atoms with Crippen LogP contribution in [0, 0.1) is 23.7 Å². The predicted octanol–water partition coefficient (Wildman–Crippen LogP) is 3.66. The van der Waals surface area contributed by atoms with Gasteiger partial charge >= 0.3 is 0 Å². The molecular weight excluding hydrogens is 226 g/mol. The Balaban J connectivity index is 1.41. The summed E-state index contributed by atoms with van der Waals surface area (Å²) in [7, 11) is 0. The lowest BCUT2D eigenvalue weighted by Crippen LogP contribution is -2.38. The smallest absolute Gasteiger partial charge is 0.0216 e. The van der Waals surface area contributed by atoms with E-state index in [0.717, 1.165) is 36.3 Å². The van der Waals surface area contributed by atoms with Crippen molar-refractivity contribution in [3.05, 3.63) is 22.4 Å². The van der Waals surface area contributed by atoms with Gasteiger partial charge in [-0.25, -0.2) is 0 Å². The van der Waals surface area contributed by atoms with Crippen molar-refractivity contribution in [2.75, 3.05) is 0 Å². The monoisotopic (exact) mass is 247 g/mol. The van der Waals surface area contributed by atoms with Gasteiger partial charge < -0.3 is 5.32 Å². The van der Waals surface area contributed by atoms with Crippen molar-refractivity contribution in [2.24, 2.45) is 23.7 Å². The quantitative estimate of drug-likeness (QED) is 0.859. The molecule has 3 fully saturated rings. The van der Waals surface area contributed by atoms with E-state index in [-0.39, 0.29) is 0 Å². The van der Waals surface area contributed by atoms with Crippen molar-refractivity contribution in [3.63, 3.8) is 0 Å². The summed E-state index contributed by atoms with van der Waals surface area (Å²) in [5, 5.41) is 8.30. The largest absolute Gasteiger partial charge is 0.310 e. The Morgan fingerprint density at radius 3 is 3.00 bits per heavy atom. The summed E-state index contributed by atoms with van der Waals surface area (Å²) >= 11 is 1.81. The van der Waals surface area contributed by atoms with E-state index in [1.807, 2.05) is 11.3 Å². The molecule has 1 nitrogen and oxygen atoms in total. The van der Waals surface area contributed by atoms with Gasteiger partial charge in [-0.05, 0) is 71.7 Å². The third kappa shape index (κ3) is 1.68. The molecule has 4 rings (SSSR count). The highest BCUT2D eigenvalue weighted by Gasteiger charge is 2.53. The zero-order valence-electron chi connectivity index (χ0n) is 10.3. The first-order chi connectivity index (χ1) is 8.42. The van der Waals surface area contributed by atoms with Gasteiger partial charge in [0.05, 0.1) is 0 Å². The minimum absolute atomic E-state index is 0.833. The van der Waals surface area contributed by atoms with Gasteiger partial charge in [-0.15, -0.1) is 0 Å². The average molecular weight is 247 g/mol. The minimum Gasteiger partial charge on any atom is -0.310 e. The molecular formula is C15H21NS. The second-order valence-electron chi connectivity index (χ2n) is 6.27. The van der Waals surface area contributed by atoms with Crippen molar-refractivity contribution in [1.29, 1.82) is 0 Å². The lowest BCUT2D eigenvalue weighted by Gasteiger charge is -2.32. The summed E-state index contributed by atoms with van der Waals surface area (Å²) in [5.41, 5.74) is 1.47. The van der Waals surface area contributed by atoms with Crippen LogP contribution < -0.4 is 5.32 Å². The van der Waals surface area contributed by atoms with E-state index in [2.05, 4.69) is 22.1 Å². The first-order valence-corrected chi connectivity index (χ1v) is 8.10. The zero-order valence-corrected chi connectivity index (χ0v) is 11.1. The molecule has 0 spiro atoms. The number of rotatable bonds is 3. The topological polar surface area (TPSA) is 12.0 Å². The van der Waals surface area contributed by atoms with Gasteiger partial charge in [0, 0.05) is 12.6 Å². The van der Waals surface area contributed by atoms with Crippen LogP contribution in [0.25, 0.3) is 0 Å². The molecule has 1 N–H and O–H groups in total. The van der Waals surface area contributed by atoms with Crippen LogP contribution in [-0.2, 0) is 6.54 Å². The Hall–Kier alpha value is -0.340. The van der Waals surface area contributed by atoms with E-state index < -0.39 is 0 Å². The van der Waals surface area contributed by atoms with E-state index in [4.69, 9.17) is 0 Å². The molecule has 3 aliphatic rings. The predicted molar refractivity (Wildman–Crippen MR) is 72.0 cm³/mol. The maximum Gasteiger partial charge on any atom is 0.0216 e. The van der Waals surface area contributed by atoms with Crippen LogP contribution in [0.4, 0.5) is 0 Å². The Kier molecular flexibility index (Phi) is 2.55. The molecule has 0 aromatic carbocycles. The number of hydrogen-bond acceptors (Lipinski definition) is 2. The summed E-state index contributed by atoms with van der Waals surface area (Å²) < 4.78 is 0. The lowest BCUT2D eigenvalue weighted by molar-refractivity contribution is 0.208. The number of thiophene rings is 1. The average Bonchev–Trinajstić information content (AvgIpc) is 3.08. The molecule has 3 saturated carbocycles. The number of hydrogen-bond donors (Lipinski definition) is 1. The maximum absolute atomic E-state index is 3.83. The summed E-state index contributed by atoms with van der Waals surface area (Å²) in [5.74, 6) is 4.31. The molecule has 0 saturated heterocycles. The fourth-order valence-electron chi connectivity index (χ4n) is 4.94. The van der Waals surface area contributed by atoms with Crippen LogP contribution in [0.15, 0.2) is 16.8 Å². The van der Waals surface area contributed by atoms with Crippen LogP contribution in [0.2, 0.25) is 0 Å². The fourth-order valence-corrected chi connectivity index (χ4v) is 5.61. The maximum atomic E-state index is 3.83. The fraction of sp³-hybridized carbons (Fsp3) is 0.733. The first kappa shape index (κ1) is 10.6. The van der Waals surface area contributed by atoms with E-state index in [1.54, 1.807) is 6.42 Å². The molecule has 1 aromatic rings. The molecule has 1 heterocycles. The Morgan fingerprint density at radius 1 is 1.18 bits per heavy atom. The van der Waals surface area contributed by atoms with E-state index in [9.17, 15) is 0 Å². The van der Waals surface area contributed by atoms with Crippen molar-refractivity contribution >= 4 is 11.3 Å². The molecule has 2 bridgehead atoms. The molecule has 17 heavy (non-hydrogen) atoms. The van der Waals surface area contributed by atoms with Crippen LogP contribution in [0.5, 0.6) is 0 Å². The van der Waals surface area contributed by atoms with Gasteiger partial charge in [-0.2, -0.15) is 11.3 Å². The SMILES string of the molecule is c1cc(CN[C@@H]2C[C@H]3C[C@@H]2[C@@H]2CCC[C@H]32)cs1. The van der Waals surface area contributed by atoms with Gasteiger partial charge in [-0.3, -0.25) is 0 Å². The van der Waals surface area contributed by atoms with Crippen molar-refractivity contribution in [1.82, 2.24) is 5.32 Å². The van der Waals surface area contributed by atoms with Gasteiger partial charge in [0.1, 0.15) is 0 Å². The second kappa shape index (κ2) is 4.10. The van der Waals surface area contributed by atoms with Gasteiger partial charge in [0.25, 0.3) is 0 Å². The van der Waals surface area contributed by atoms with Crippen LogP contribution in [0.3, 0.4) is 0 Å². The molecule has 0 amide bonds. The molecule has 3 aliphatic carbocycles. The Morgan fingerprint density at radius 2 is 2.12 bits per heavy atom. The molecule has 5 atom stereocenters. The normalized spacial score (nSPS) is 43.2. The summed E-state index contributed by atoms with van der Waals surface area (Å²) in [4.78, 5) is 0. The lowest BCUT2D eigenvalue weighted by atomic mass is 9.79. The highest BCUT2D eigenvalue weighted by molar-refractivity contribution is 7.07. The standard InChI is InChI=1S/C15H21NS/c1-2-12-11-6-14(13(12)3-1)15(7-11)16-8-10-4-5-17-9-10/h4-5,9,11-16H,1-3,6-8H2/t11-,12-,13-,14-,15-/m1/s1. The third-order valence-corrected chi connectivity index (χ3v) is 6.31. The molecule has 0 unspecified atom stereocenters. The molecule has 2 heteroatoms. The zero-order chi connectivity index (χ0) is 11.2. The highest BCUT2D eigenvalue weighted by Crippen LogP contribution is 2.58. The van der Waals surface area contributed by atoms with E-state index in [1.165, 1.54) is 31.2 Å². The van der Waals surface area contributed by atoms with Crippen LogP contribution in [0.1, 0.15) is 37.7 Å². The van der Waals surface area contributed by atoms with Gasteiger partial charge in [0.2, 0.25) is 0 Å². The van der Waals surface area contributed by atoms with Crippen molar-refractivity contribution in [2.45, 2.75) is 44.7 Å².